The summed E-state index contributed by atoms with van der Waals surface area (Å²) in [6, 6.07) is 0. The van der Waals surface area contributed by atoms with Gasteiger partial charge in [-0.25, -0.2) is 0 Å². The molecule has 1 aliphatic heterocycles. The number of aliphatic hydroxyl groups is 4. The van der Waals surface area contributed by atoms with E-state index in [1.54, 1.807) is 19.4 Å². The molecule has 0 unspecified atom stereocenters. The molecule has 0 aromatic carbocycles. The fourth-order valence-electron chi connectivity index (χ4n) is 10.2. The van der Waals surface area contributed by atoms with E-state index >= 15 is 0 Å². The van der Waals surface area contributed by atoms with Gasteiger partial charge in [0.25, 0.3) is 0 Å². The number of fused-ring (bicyclic) bond motifs is 5. The van der Waals surface area contributed by atoms with E-state index in [4.69, 9.17) is 4.74 Å². The zero-order chi connectivity index (χ0) is 25.8. The Balaban J connectivity index is 1.48. The maximum absolute atomic E-state index is 11.0. The maximum atomic E-state index is 11.0. The fourth-order valence-corrected chi connectivity index (χ4v) is 10.2. The van der Waals surface area contributed by atoms with Crippen LogP contribution >= 0.6 is 0 Å². The van der Waals surface area contributed by atoms with Crippen molar-refractivity contribution < 1.29 is 25.2 Å². The molecular weight excluding hydrogens is 440 g/mol. The zero-order valence-corrected chi connectivity index (χ0v) is 23.1. The molecule has 1 heterocycles. The van der Waals surface area contributed by atoms with E-state index in [0.717, 1.165) is 38.5 Å². The Labute approximate surface area is 212 Å². The van der Waals surface area contributed by atoms with Crippen LogP contribution < -0.4 is 0 Å². The second-order valence-electron chi connectivity index (χ2n) is 14.9. The molecule has 0 aromatic rings. The van der Waals surface area contributed by atoms with E-state index < -0.39 is 24.1 Å². The van der Waals surface area contributed by atoms with Gasteiger partial charge in [0.2, 0.25) is 0 Å². The highest BCUT2D eigenvalue weighted by Gasteiger charge is 2.67. The number of rotatable bonds is 3. The highest BCUT2D eigenvalue weighted by Crippen LogP contribution is 2.73. The van der Waals surface area contributed by atoms with E-state index in [2.05, 4.69) is 40.7 Å². The molecule has 4 fully saturated rings. The molecule has 0 radical (unpaired) electrons. The van der Waals surface area contributed by atoms with Gasteiger partial charge in [-0.15, -0.1) is 0 Å². The summed E-state index contributed by atoms with van der Waals surface area (Å²) in [5.74, 6) is 1.44. The summed E-state index contributed by atoms with van der Waals surface area (Å²) in [5, 5.41) is 42.8. The quantitative estimate of drug-likeness (QED) is 0.427. The second-order valence-corrected chi connectivity index (χ2v) is 14.9. The Morgan fingerprint density at radius 1 is 1.00 bits per heavy atom. The van der Waals surface area contributed by atoms with Crippen LogP contribution in [0, 0.1) is 45.3 Å². The molecule has 5 nitrogen and oxygen atoms in total. The van der Waals surface area contributed by atoms with Crippen molar-refractivity contribution in [1.82, 2.24) is 0 Å². The van der Waals surface area contributed by atoms with Crippen molar-refractivity contribution >= 4 is 0 Å². The van der Waals surface area contributed by atoms with Crippen LogP contribution in [-0.4, -0.2) is 50.6 Å². The molecule has 5 aliphatic rings. The Hall–Kier alpha value is -0.460. The minimum atomic E-state index is -1.28. The van der Waals surface area contributed by atoms with Gasteiger partial charge in [0.1, 0.15) is 6.10 Å². The van der Waals surface area contributed by atoms with Crippen LogP contribution in [0.5, 0.6) is 0 Å². The summed E-state index contributed by atoms with van der Waals surface area (Å²) in [7, 11) is 0. The van der Waals surface area contributed by atoms with Crippen LogP contribution in [0.4, 0.5) is 0 Å². The molecule has 0 aromatic heterocycles. The lowest BCUT2D eigenvalue weighted by atomic mass is 9.41. The van der Waals surface area contributed by atoms with Crippen LogP contribution in [-0.2, 0) is 4.74 Å². The van der Waals surface area contributed by atoms with Crippen molar-refractivity contribution in [3.8, 4) is 0 Å². The summed E-state index contributed by atoms with van der Waals surface area (Å²) in [4.78, 5) is 0. The van der Waals surface area contributed by atoms with E-state index in [1.807, 2.05) is 0 Å². The van der Waals surface area contributed by atoms with Crippen molar-refractivity contribution in [2.24, 2.45) is 45.3 Å². The van der Waals surface area contributed by atoms with Gasteiger partial charge in [-0.1, -0.05) is 46.3 Å². The van der Waals surface area contributed by atoms with E-state index in [-0.39, 0.29) is 33.7 Å². The standard InChI is InChI=1S/C30H50O5/c1-26(2)21-9-8-20-19(28(21,5)13-12-22(26)31)11-15-29(6)18(10-14-30(20,29)7)17-16-23(32)35-24(17)25(33)27(3,4)34/h8,17-19,21-25,31-34H,9-16H2,1-7H3/t17-,18+,19+,21+,22+,23-,24-,25+,28-,29+,30-/m1/s1. The molecule has 0 bridgehead atoms. The number of hydrogen-bond acceptors (Lipinski definition) is 5. The molecule has 1 saturated heterocycles. The van der Waals surface area contributed by atoms with E-state index in [1.165, 1.54) is 6.42 Å². The van der Waals surface area contributed by atoms with Crippen LogP contribution in [0.3, 0.4) is 0 Å². The third-order valence-electron chi connectivity index (χ3n) is 12.6. The second kappa shape index (κ2) is 8.02. The van der Waals surface area contributed by atoms with E-state index in [0.29, 0.717) is 24.2 Å². The van der Waals surface area contributed by atoms with Crippen LogP contribution in [0.15, 0.2) is 11.6 Å². The molecule has 200 valence electrons. The minimum Gasteiger partial charge on any atom is -0.393 e. The lowest BCUT2D eigenvalue weighted by Crippen LogP contribution is -2.58. The fraction of sp³-hybridized carbons (Fsp3) is 0.933. The molecule has 35 heavy (non-hydrogen) atoms. The highest BCUT2D eigenvalue weighted by molar-refractivity contribution is 5.33. The lowest BCUT2D eigenvalue weighted by Gasteiger charge is -2.64. The Morgan fingerprint density at radius 3 is 2.34 bits per heavy atom. The average Bonchev–Trinajstić information content (AvgIpc) is 3.26. The first kappa shape index (κ1) is 26.2. The minimum absolute atomic E-state index is 0.0334. The van der Waals surface area contributed by atoms with E-state index in [9.17, 15) is 20.4 Å². The smallest absolute Gasteiger partial charge is 0.155 e. The zero-order valence-electron chi connectivity index (χ0n) is 23.1. The first-order chi connectivity index (χ1) is 16.1. The first-order valence-electron chi connectivity index (χ1n) is 14.2. The monoisotopic (exact) mass is 490 g/mol. The summed E-state index contributed by atoms with van der Waals surface area (Å²) in [5.41, 5.74) is 0.693. The molecule has 5 heteroatoms. The summed E-state index contributed by atoms with van der Waals surface area (Å²) < 4.78 is 5.87. The van der Waals surface area contributed by atoms with Gasteiger partial charge >= 0.3 is 0 Å². The Bertz CT molecular complexity index is 874. The third-order valence-corrected chi connectivity index (χ3v) is 12.6. The molecule has 0 spiro atoms. The molecule has 11 atom stereocenters. The van der Waals surface area contributed by atoms with Crippen molar-refractivity contribution in [2.75, 3.05) is 0 Å². The molecular formula is C30H50O5. The molecule has 5 rings (SSSR count). The van der Waals surface area contributed by atoms with Gasteiger partial charge in [0.05, 0.1) is 17.8 Å². The number of ether oxygens (including phenoxy) is 1. The van der Waals surface area contributed by atoms with Crippen LogP contribution in [0.1, 0.15) is 99.8 Å². The van der Waals surface area contributed by atoms with Crippen molar-refractivity contribution in [3.05, 3.63) is 11.6 Å². The molecule has 4 N–H and O–H groups in total. The maximum Gasteiger partial charge on any atom is 0.155 e. The van der Waals surface area contributed by atoms with Crippen LogP contribution in [0.25, 0.3) is 0 Å². The third kappa shape index (κ3) is 3.51. The van der Waals surface area contributed by atoms with Gasteiger partial charge in [-0.3, -0.25) is 0 Å². The number of aliphatic hydroxyl groups excluding tert-OH is 3. The summed E-state index contributed by atoms with van der Waals surface area (Å²) in [6.07, 6.45) is 7.98. The van der Waals surface area contributed by atoms with Crippen molar-refractivity contribution in [1.29, 1.82) is 0 Å². The Kier molecular flexibility index (Phi) is 6.00. The normalized spacial score (nSPS) is 52.3. The molecule has 3 saturated carbocycles. The predicted octanol–water partition coefficient (Wildman–Crippen LogP) is 4.81. The van der Waals surface area contributed by atoms with Crippen molar-refractivity contribution in [3.63, 3.8) is 0 Å². The van der Waals surface area contributed by atoms with Gasteiger partial charge in [-0.05, 0) is 104 Å². The largest absolute Gasteiger partial charge is 0.393 e. The molecule has 0 amide bonds. The van der Waals surface area contributed by atoms with Crippen LogP contribution in [0.2, 0.25) is 0 Å². The topological polar surface area (TPSA) is 90.2 Å². The SMILES string of the molecule is CC(C)(O)[C@@H](O)[C@@H]1O[C@@H](O)C[C@@H]1[C@@H]1CC[C@]2(C)C3=CC[C@H]4C(C)(C)[C@@H](O)CC[C@]4(C)[C@H]3CC[C@@]12C. The van der Waals surface area contributed by atoms with Gasteiger partial charge in [0, 0.05) is 6.42 Å². The number of allylic oxidation sites excluding steroid dienone is 2. The average molecular weight is 491 g/mol. The summed E-state index contributed by atoms with van der Waals surface area (Å²) >= 11 is 0. The summed E-state index contributed by atoms with van der Waals surface area (Å²) in [6.45, 7) is 15.3. The number of hydrogen-bond donors (Lipinski definition) is 4. The lowest BCUT2D eigenvalue weighted by molar-refractivity contribution is -0.171. The van der Waals surface area contributed by atoms with Gasteiger partial charge in [-0.2, -0.15) is 0 Å². The molecule has 4 aliphatic carbocycles. The van der Waals surface area contributed by atoms with Gasteiger partial charge < -0.3 is 25.2 Å². The first-order valence-corrected chi connectivity index (χ1v) is 14.2. The van der Waals surface area contributed by atoms with Crippen molar-refractivity contribution in [2.45, 2.75) is 130 Å². The predicted molar refractivity (Wildman–Crippen MR) is 136 cm³/mol. The van der Waals surface area contributed by atoms with Gasteiger partial charge in [0.15, 0.2) is 6.29 Å². The highest BCUT2D eigenvalue weighted by atomic mass is 16.6. The Morgan fingerprint density at radius 2 is 1.69 bits per heavy atom.